The van der Waals surface area contributed by atoms with Crippen molar-refractivity contribution in [3.63, 3.8) is 0 Å². The number of aromatic carboxylic acids is 1. The summed E-state index contributed by atoms with van der Waals surface area (Å²) in [5, 5.41) is 18.3. The van der Waals surface area contributed by atoms with Gasteiger partial charge in [0.25, 0.3) is 0 Å². The molecule has 0 saturated carbocycles. The minimum atomic E-state index is -1.21. The standard InChI is InChI=1S/C24H19NO6/c26-22(27)13-25(16-11-9-15(10-12-16)23(28)29)24(30)31-14-21-19-7-3-1-5-17(19)18-6-2-4-8-20(18)21/h1-12,21H,13-14H2,(H,26,27)(H,28,29). The Bertz CT molecular complexity index is 1110. The number of carboxylic acid groups (broad SMARTS) is 2. The predicted octanol–water partition coefficient (Wildman–Crippen LogP) is 4.22. The second-order valence-corrected chi connectivity index (χ2v) is 7.14. The molecule has 0 saturated heterocycles. The average molecular weight is 417 g/mol. The van der Waals surface area contributed by atoms with Crippen LogP contribution in [0.15, 0.2) is 72.8 Å². The summed E-state index contributed by atoms with van der Waals surface area (Å²) in [6.45, 7) is -0.556. The van der Waals surface area contributed by atoms with E-state index < -0.39 is 24.6 Å². The van der Waals surface area contributed by atoms with Crippen LogP contribution in [0.1, 0.15) is 27.4 Å². The quantitative estimate of drug-likeness (QED) is 0.622. The summed E-state index contributed by atoms with van der Waals surface area (Å²) in [6.07, 6.45) is -0.813. The molecule has 7 nitrogen and oxygen atoms in total. The number of amides is 1. The van der Waals surface area contributed by atoms with Crippen molar-refractivity contribution in [1.82, 2.24) is 0 Å². The number of hydrogen-bond donors (Lipinski definition) is 2. The van der Waals surface area contributed by atoms with E-state index in [1.165, 1.54) is 24.3 Å². The number of hydrogen-bond acceptors (Lipinski definition) is 4. The smallest absolute Gasteiger partial charge is 0.414 e. The molecule has 0 aromatic heterocycles. The normalized spacial score (nSPS) is 12.0. The number of carboxylic acids is 2. The summed E-state index contributed by atoms with van der Waals surface area (Å²) in [5.74, 6) is -2.48. The van der Waals surface area contributed by atoms with Crippen molar-refractivity contribution in [2.75, 3.05) is 18.1 Å². The molecule has 2 N–H and O–H groups in total. The third kappa shape index (κ3) is 3.98. The van der Waals surface area contributed by atoms with Crippen LogP contribution in [0.3, 0.4) is 0 Å². The van der Waals surface area contributed by atoms with Gasteiger partial charge in [-0.15, -0.1) is 0 Å². The molecule has 0 bridgehead atoms. The van der Waals surface area contributed by atoms with E-state index in [1.54, 1.807) is 0 Å². The zero-order chi connectivity index (χ0) is 22.0. The SMILES string of the molecule is O=C(O)CN(C(=O)OCC1c2ccccc2-c2ccccc21)c1ccc(C(=O)O)cc1. The van der Waals surface area contributed by atoms with Crippen molar-refractivity contribution in [3.05, 3.63) is 89.5 Å². The van der Waals surface area contributed by atoms with Crippen LogP contribution in [0.5, 0.6) is 0 Å². The van der Waals surface area contributed by atoms with Crippen LogP contribution in [-0.2, 0) is 9.53 Å². The van der Waals surface area contributed by atoms with Gasteiger partial charge in [-0.05, 0) is 46.5 Å². The van der Waals surface area contributed by atoms with Gasteiger partial charge in [0.15, 0.2) is 0 Å². The van der Waals surface area contributed by atoms with Crippen LogP contribution in [-0.4, -0.2) is 41.4 Å². The van der Waals surface area contributed by atoms with Gasteiger partial charge in [-0.25, -0.2) is 9.59 Å². The van der Waals surface area contributed by atoms with Gasteiger partial charge < -0.3 is 14.9 Å². The molecule has 0 radical (unpaired) electrons. The first-order chi connectivity index (χ1) is 15.0. The van der Waals surface area contributed by atoms with Crippen LogP contribution < -0.4 is 4.90 Å². The van der Waals surface area contributed by atoms with Gasteiger partial charge in [0, 0.05) is 11.6 Å². The molecule has 1 aliphatic carbocycles. The van der Waals surface area contributed by atoms with E-state index in [-0.39, 0.29) is 23.8 Å². The van der Waals surface area contributed by atoms with Crippen molar-refractivity contribution < 1.29 is 29.3 Å². The van der Waals surface area contributed by atoms with Crippen molar-refractivity contribution in [3.8, 4) is 11.1 Å². The van der Waals surface area contributed by atoms with Crippen molar-refractivity contribution in [2.45, 2.75) is 5.92 Å². The summed E-state index contributed by atoms with van der Waals surface area (Å²) >= 11 is 0. The largest absolute Gasteiger partial charge is 0.480 e. The summed E-state index contributed by atoms with van der Waals surface area (Å²) < 4.78 is 5.54. The zero-order valence-corrected chi connectivity index (χ0v) is 16.4. The third-order valence-electron chi connectivity index (χ3n) is 5.28. The fraction of sp³-hybridized carbons (Fsp3) is 0.125. The maximum atomic E-state index is 12.8. The summed E-state index contributed by atoms with van der Waals surface area (Å²) in [7, 11) is 0. The molecule has 156 valence electrons. The molecular weight excluding hydrogens is 398 g/mol. The summed E-state index contributed by atoms with van der Waals surface area (Å²) in [4.78, 5) is 36.1. The number of benzene rings is 3. The molecule has 0 spiro atoms. The molecular formula is C24H19NO6. The number of ether oxygens (including phenoxy) is 1. The minimum Gasteiger partial charge on any atom is -0.480 e. The van der Waals surface area contributed by atoms with Crippen LogP contribution in [0.2, 0.25) is 0 Å². The van der Waals surface area contributed by atoms with E-state index in [4.69, 9.17) is 9.84 Å². The first-order valence-corrected chi connectivity index (χ1v) is 9.63. The summed E-state index contributed by atoms with van der Waals surface area (Å²) in [6, 6.07) is 21.2. The maximum absolute atomic E-state index is 12.8. The number of carbonyl (C=O) groups is 3. The number of carbonyl (C=O) groups excluding carboxylic acids is 1. The van der Waals surface area contributed by atoms with E-state index in [9.17, 15) is 19.5 Å². The molecule has 0 fully saturated rings. The molecule has 3 aromatic carbocycles. The van der Waals surface area contributed by atoms with Crippen molar-refractivity contribution in [1.29, 1.82) is 0 Å². The zero-order valence-electron chi connectivity index (χ0n) is 16.4. The Morgan fingerprint density at radius 3 is 1.87 bits per heavy atom. The second kappa shape index (κ2) is 8.31. The monoisotopic (exact) mass is 417 g/mol. The fourth-order valence-electron chi connectivity index (χ4n) is 3.85. The Morgan fingerprint density at radius 1 is 0.806 bits per heavy atom. The number of anilines is 1. The lowest BCUT2D eigenvalue weighted by molar-refractivity contribution is -0.135. The predicted molar refractivity (Wildman–Crippen MR) is 113 cm³/mol. The topological polar surface area (TPSA) is 104 Å². The highest BCUT2D eigenvalue weighted by molar-refractivity contribution is 5.94. The number of aliphatic carboxylic acids is 1. The highest BCUT2D eigenvalue weighted by atomic mass is 16.6. The fourth-order valence-corrected chi connectivity index (χ4v) is 3.85. The molecule has 0 aliphatic heterocycles. The molecule has 31 heavy (non-hydrogen) atoms. The van der Waals surface area contributed by atoms with Gasteiger partial charge in [0.05, 0.1) is 5.56 Å². The Morgan fingerprint density at radius 2 is 1.35 bits per heavy atom. The van der Waals surface area contributed by atoms with Crippen LogP contribution in [0.25, 0.3) is 11.1 Å². The van der Waals surface area contributed by atoms with E-state index in [1.807, 2.05) is 48.5 Å². The van der Waals surface area contributed by atoms with Gasteiger partial charge in [0.2, 0.25) is 0 Å². The Labute approximate surface area is 178 Å². The van der Waals surface area contributed by atoms with Crippen molar-refractivity contribution in [2.24, 2.45) is 0 Å². The molecule has 0 unspecified atom stereocenters. The van der Waals surface area contributed by atoms with E-state index in [0.717, 1.165) is 27.2 Å². The molecule has 3 aromatic rings. The first-order valence-electron chi connectivity index (χ1n) is 9.63. The van der Waals surface area contributed by atoms with Gasteiger partial charge in [0.1, 0.15) is 13.2 Å². The highest BCUT2D eigenvalue weighted by Gasteiger charge is 2.30. The molecule has 0 heterocycles. The van der Waals surface area contributed by atoms with Crippen LogP contribution >= 0.6 is 0 Å². The molecule has 7 heteroatoms. The lowest BCUT2D eigenvalue weighted by Crippen LogP contribution is -2.36. The van der Waals surface area contributed by atoms with Gasteiger partial charge in [-0.1, -0.05) is 48.5 Å². The number of rotatable bonds is 6. The van der Waals surface area contributed by atoms with E-state index in [2.05, 4.69) is 0 Å². The molecule has 4 rings (SSSR count). The lowest BCUT2D eigenvalue weighted by atomic mass is 9.98. The van der Waals surface area contributed by atoms with Gasteiger partial charge >= 0.3 is 18.0 Å². The minimum absolute atomic E-state index is 0.0339. The Hall–Kier alpha value is -4.13. The van der Waals surface area contributed by atoms with Crippen LogP contribution in [0.4, 0.5) is 10.5 Å². The molecule has 1 aliphatic rings. The Kier molecular flexibility index (Phi) is 5.41. The van der Waals surface area contributed by atoms with E-state index >= 15 is 0 Å². The molecule has 0 atom stereocenters. The average Bonchev–Trinajstić information content (AvgIpc) is 3.09. The van der Waals surface area contributed by atoms with Crippen LogP contribution in [0, 0.1) is 0 Å². The molecule has 1 amide bonds. The Balaban J connectivity index is 1.56. The number of fused-ring (bicyclic) bond motifs is 3. The van der Waals surface area contributed by atoms with Gasteiger partial charge in [-0.2, -0.15) is 0 Å². The van der Waals surface area contributed by atoms with E-state index in [0.29, 0.717) is 0 Å². The lowest BCUT2D eigenvalue weighted by Gasteiger charge is -2.22. The first kappa shape index (κ1) is 20.2. The van der Waals surface area contributed by atoms with Gasteiger partial charge in [-0.3, -0.25) is 9.69 Å². The second-order valence-electron chi connectivity index (χ2n) is 7.14. The summed E-state index contributed by atoms with van der Waals surface area (Å²) in [5.41, 5.74) is 4.55. The maximum Gasteiger partial charge on any atom is 0.414 e. The van der Waals surface area contributed by atoms with Crippen molar-refractivity contribution >= 4 is 23.7 Å². The number of nitrogens with zero attached hydrogens (tertiary/aromatic N) is 1. The third-order valence-corrected chi connectivity index (χ3v) is 5.28. The highest BCUT2D eigenvalue weighted by Crippen LogP contribution is 2.44.